The van der Waals surface area contributed by atoms with Crippen LogP contribution < -0.4 is 0 Å². The van der Waals surface area contributed by atoms with Gasteiger partial charge in [0.2, 0.25) is 0 Å². The molecule has 0 amide bonds. The van der Waals surface area contributed by atoms with Crippen LogP contribution in [0.2, 0.25) is 0 Å². The first-order valence-electron chi connectivity index (χ1n) is 5.11. The molecule has 0 saturated carbocycles. The van der Waals surface area contributed by atoms with E-state index in [1.807, 2.05) is 30.3 Å². The topological polar surface area (TPSA) is 34.1 Å². The predicted octanol–water partition coefficient (Wildman–Crippen LogP) is 2.59. The predicted molar refractivity (Wildman–Crippen MR) is 67.6 cm³/mol. The van der Waals surface area contributed by atoms with Crippen LogP contribution >= 0.6 is 12.2 Å². The van der Waals surface area contributed by atoms with E-state index >= 15 is 0 Å². The third kappa shape index (κ3) is 3.35. The normalized spacial score (nSPS) is 11.9. The highest BCUT2D eigenvalue weighted by molar-refractivity contribution is 7.81. The highest BCUT2D eigenvalue weighted by atomic mass is 32.1. The van der Waals surface area contributed by atoms with Crippen molar-refractivity contribution in [2.45, 2.75) is 20.3 Å². The fraction of sp³-hybridized carbons (Fsp3) is 0.308. The summed E-state index contributed by atoms with van der Waals surface area (Å²) in [7, 11) is 0. The second kappa shape index (κ2) is 5.66. The first kappa shape index (κ1) is 12.7. The molecular formula is C13H14O2S. The van der Waals surface area contributed by atoms with Crippen LogP contribution in [0.5, 0.6) is 0 Å². The largest absolute Gasteiger partial charge is 0.300 e. The molecule has 1 unspecified atom stereocenters. The van der Waals surface area contributed by atoms with Gasteiger partial charge in [0, 0.05) is 11.3 Å². The van der Waals surface area contributed by atoms with Crippen LogP contribution in [0.4, 0.5) is 0 Å². The maximum Gasteiger partial charge on any atom is 0.138 e. The summed E-state index contributed by atoms with van der Waals surface area (Å²) in [6.45, 7) is 2.95. The smallest absolute Gasteiger partial charge is 0.138 e. The molecule has 0 bridgehead atoms. The molecule has 0 aromatic heterocycles. The number of carbonyl (C=O) groups excluding carboxylic acids is 2. The molecule has 0 spiro atoms. The first-order valence-corrected chi connectivity index (χ1v) is 5.52. The van der Waals surface area contributed by atoms with E-state index in [1.165, 1.54) is 13.8 Å². The van der Waals surface area contributed by atoms with Gasteiger partial charge < -0.3 is 0 Å². The van der Waals surface area contributed by atoms with Gasteiger partial charge in [-0.15, -0.1) is 0 Å². The van der Waals surface area contributed by atoms with Crippen molar-refractivity contribution < 1.29 is 9.59 Å². The van der Waals surface area contributed by atoms with E-state index in [4.69, 9.17) is 12.2 Å². The van der Waals surface area contributed by atoms with E-state index < -0.39 is 5.92 Å². The van der Waals surface area contributed by atoms with Crippen molar-refractivity contribution >= 4 is 28.6 Å². The molecule has 0 radical (unpaired) electrons. The lowest BCUT2D eigenvalue weighted by Crippen LogP contribution is -2.23. The SMILES string of the molecule is CC(=O)CC(C(C)=O)C(=S)c1ccccc1. The Bertz CT molecular complexity index is 409. The summed E-state index contributed by atoms with van der Waals surface area (Å²) in [6.07, 6.45) is 0.197. The molecule has 3 heteroatoms. The standard InChI is InChI=1S/C13H14O2S/c1-9(14)8-12(10(2)15)13(16)11-6-4-3-5-7-11/h3-7,12H,8H2,1-2H3. The molecule has 1 rings (SSSR count). The fourth-order valence-electron chi connectivity index (χ4n) is 1.51. The molecule has 84 valence electrons. The second-order valence-electron chi connectivity index (χ2n) is 3.80. The maximum absolute atomic E-state index is 11.5. The van der Waals surface area contributed by atoms with Gasteiger partial charge in [0.1, 0.15) is 11.6 Å². The van der Waals surface area contributed by atoms with E-state index in [2.05, 4.69) is 0 Å². The van der Waals surface area contributed by atoms with Gasteiger partial charge in [0.05, 0.1) is 5.92 Å². The molecule has 1 atom stereocenters. The first-order chi connectivity index (χ1) is 7.52. The van der Waals surface area contributed by atoms with E-state index in [1.54, 1.807) is 0 Å². The van der Waals surface area contributed by atoms with Crippen molar-refractivity contribution in [1.82, 2.24) is 0 Å². The highest BCUT2D eigenvalue weighted by Gasteiger charge is 2.22. The molecular weight excluding hydrogens is 220 g/mol. The number of Topliss-reactive ketones (excluding diaryl/α,β-unsaturated/α-hetero) is 2. The molecule has 0 saturated heterocycles. The second-order valence-corrected chi connectivity index (χ2v) is 4.24. The van der Waals surface area contributed by atoms with Gasteiger partial charge in [-0.25, -0.2) is 0 Å². The number of benzene rings is 1. The van der Waals surface area contributed by atoms with Crippen LogP contribution in [0.3, 0.4) is 0 Å². The van der Waals surface area contributed by atoms with Crippen molar-refractivity contribution in [3.05, 3.63) is 35.9 Å². The number of rotatable bonds is 5. The summed E-state index contributed by atoms with van der Waals surface area (Å²) >= 11 is 5.26. The fourth-order valence-corrected chi connectivity index (χ4v) is 1.90. The molecule has 0 heterocycles. The minimum atomic E-state index is -0.463. The van der Waals surface area contributed by atoms with E-state index in [9.17, 15) is 9.59 Å². The summed E-state index contributed by atoms with van der Waals surface area (Å²) in [5.74, 6) is -0.530. The molecule has 0 aliphatic carbocycles. The van der Waals surface area contributed by atoms with Crippen LogP contribution in [0, 0.1) is 5.92 Å². The Morgan fingerprint density at radius 3 is 2.19 bits per heavy atom. The van der Waals surface area contributed by atoms with Gasteiger partial charge in [-0.1, -0.05) is 42.5 Å². The van der Waals surface area contributed by atoms with Crippen LogP contribution in [0.15, 0.2) is 30.3 Å². The molecule has 16 heavy (non-hydrogen) atoms. The number of hydrogen-bond donors (Lipinski definition) is 0. The average molecular weight is 234 g/mol. The monoisotopic (exact) mass is 234 g/mol. The van der Waals surface area contributed by atoms with Gasteiger partial charge in [0.15, 0.2) is 0 Å². The minimum absolute atomic E-state index is 0.0153. The molecule has 1 aromatic carbocycles. The van der Waals surface area contributed by atoms with E-state index in [-0.39, 0.29) is 18.0 Å². The van der Waals surface area contributed by atoms with Gasteiger partial charge in [-0.05, 0) is 19.4 Å². The molecule has 0 aliphatic heterocycles. The zero-order valence-corrected chi connectivity index (χ0v) is 10.2. The maximum atomic E-state index is 11.5. The Morgan fingerprint density at radius 1 is 1.19 bits per heavy atom. The third-order valence-electron chi connectivity index (χ3n) is 2.36. The molecule has 2 nitrogen and oxygen atoms in total. The molecule has 0 aliphatic rings. The van der Waals surface area contributed by atoms with Crippen LogP contribution in [-0.4, -0.2) is 16.4 Å². The summed E-state index contributed by atoms with van der Waals surface area (Å²) in [5.41, 5.74) is 0.846. The molecule has 0 fully saturated rings. The molecule has 1 aromatic rings. The Hall–Kier alpha value is -1.35. The lowest BCUT2D eigenvalue weighted by molar-refractivity contribution is -0.123. The Morgan fingerprint density at radius 2 is 1.75 bits per heavy atom. The average Bonchev–Trinajstić information content (AvgIpc) is 2.25. The van der Waals surface area contributed by atoms with Gasteiger partial charge in [-0.2, -0.15) is 0 Å². The molecule has 0 N–H and O–H groups in total. The van der Waals surface area contributed by atoms with E-state index in [0.29, 0.717) is 4.86 Å². The zero-order chi connectivity index (χ0) is 12.1. The third-order valence-corrected chi connectivity index (χ3v) is 2.88. The van der Waals surface area contributed by atoms with Crippen molar-refractivity contribution in [3.8, 4) is 0 Å². The number of hydrogen-bond acceptors (Lipinski definition) is 3. The summed E-state index contributed by atoms with van der Waals surface area (Å²) in [5, 5.41) is 0. The minimum Gasteiger partial charge on any atom is -0.300 e. The van der Waals surface area contributed by atoms with E-state index in [0.717, 1.165) is 5.56 Å². The number of thiocarbonyl (C=S) groups is 1. The van der Waals surface area contributed by atoms with Crippen LogP contribution in [-0.2, 0) is 9.59 Å². The van der Waals surface area contributed by atoms with Gasteiger partial charge in [0.25, 0.3) is 0 Å². The Balaban J connectivity index is 2.92. The summed E-state index contributed by atoms with van der Waals surface area (Å²) in [4.78, 5) is 23.1. The highest BCUT2D eigenvalue weighted by Crippen LogP contribution is 2.15. The summed E-state index contributed by atoms with van der Waals surface area (Å²) < 4.78 is 0. The van der Waals surface area contributed by atoms with Gasteiger partial charge in [-0.3, -0.25) is 9.59 Å². The van der Waals surface area contributed by atoms with Crippen molar-refractivity contribution in [1.29, 1.82) is 0 Å². The zero-order valence-electron chi connectivity index (χ0n) is 9.40. The van der Waals surface area contributed by atoms with Crippen LogP contribution in [0.25, 0.3) is 0 Å². The number of ketones is 2. The Kier molecular flexibility index (Phi) is 4.50. The number of carbonyl (C=O) groups is 2. The van der Waals surface area contributed by atoms with Crippen LogP contribution in [0.1, 0.15) is 25.8 Å². The van der Waals surface area contributed by atoms with Gasteiger partial charge >= 0.3 is 0 Å². The summed E-state index contributed by atoms with van der Waals surface area (Å²) in [6, 6.07) is 9.34. The van der Waals surface area contributed by atoms with Crippen molar-refractivity contribution in [3.63, 3.8) is 0 Å². The Labute approximate surface area is 101 Å². The lowest BCUT2D eigenvalue weighted by Gasteiger charge is -2.13. The van der Waals surface area contributed by atoms with Crippen molar-refractivity contribution in [2.75, 3.05) is 0 Å². The quantitative estimate of drug-likeness (QED) is 0.580. The van der Waals surface area contributed by atoms with Crippen molar-refractivity contribution in [2.24, 2.45) is 5.92 Å². The lowest BCUT2D eigenvalue weighted by atomic mass is 9.91.